The number of benzene rings is 2. The Labute approximate surface area is 166 Å². The van der Waals surface area contributed by atoms with Crippen molar-refractivity contribution in [1.29, 1.82) is 0 Å². The Morgan fingerprint density at radius 3 is 2.46 bits per heavy atom. The molecule has 7 heteroatoms. The van der Waals surface area contributed by atoms with E-state index in [-0.39, 0.29) is 5.91 Å². The van der Waals surface area contributed by atoms with Crippen LogP contribution in [-0.4, -0.2) is 40.3 Å². The van der Waals surface area contributed by atoms with Gasteiger partial charge in [0, 0.05) is 12.2 Å². The summed E-state index contributed by atoms with van der Waals surface area (Å²) in [6.45, 7) is 2.42. The first kappa shape index (κ1) is 20.2. The van der Waals surface area contributed by atoms with Gasteiger partial charge in [0.25, 0.3) is 5.91 Å². The number of hydrogen-bond acceptors (Lipinski definition) is 4. The number of anilines is 2. The Hall–Kier alpha value is -2.54. The molecule has 1 atom stereocenters. The maximum atomic E-state index is 13.5. The predicted octanol–water partition coefficient (Wildman–Crippen LogP) is 3.22. The zero-order valence-electron chi connectivity index (χ0n) is 16.5. The zero-order valence-corrected chi connectivity index (χ0v) is 17.3. The van der Waals surface area contributed by atoms with Gasteiger partial charge in [-0.05, 0) is 55.2 Å². The number of aryl methyl sites for hydroxylation is 1. The van der Waals surface area contributed by atoms with Crippen molar-refractivity contribution in [1.82, 2.24) is 0 Å². The van der Waals surface area contributed by atoms with E-state index in [1.54, 1.807) is 36.3 Å². The average molecular weight is 403 g/mol. The number of hydrogen-bond donors (Lipinski definition) is 0. The molecule has 0 radical (unpaired) electrons. The average Bonchev–Trinajstić information content (AvgIpc) is 2.70. The molecule has 0 aromatic heterocycles. The summed E-state index contributed by atoms with van der Waals surface area (Å²) in [5, 5.41) is 0. The molecular formula is C21H26N2O4S. The molecule has 0 saturated heterocycles. The number of para-hydroxylation sites is 1. The minimum absolute atomic E-state index is 0.198. The van der Waals surface area contributed by atoms with Crippen LogP contribution in [0.4, 0.5) is 11.4 Å². The number of rotatable bonds is 6. The fourth-order valence-corrected chi connectivity index (χ4v) is 4.92. The molecule has 6 nitrogen and oxygen atoms in total. The SMILES string of the molecule is CCC(C(=O)N1CCCc2ccccc21)N(c1ccc(OC)cc1)S(C)(=O)=O. The third-order valence-corrected chi connectivity index (χ3v) is 6.20. The molecule has 150 valence electrons. The number of amides is 1. The van der Waals surface area contributed by atoms with Crippen LogP contribution in [-0.2, 0) is 21.2 Å². The minimum atomic E-state index is -3.66. The van der Waals surface area contributed by atoms with Gasteiger partial charge in [-0.3, -0.25) is 9.10 Å². The van der Waals surface area contributed by atoms with E-state index in [1.165, 1.54) is 4.31 Å². The summed E-state index contributed by atoms with van der Waals surface area (Å²) in [7, 11) is -2.11. The number of nitrogens with zero attached hydrogens (tertiary/aromatic N) is 2. The smallest absolute Gasteiger partial charge is 0.250 e. The molecule has 3 rings (SSSR count). The van der Waals surface area contributed by atoms with Gasteiger partial charge in [0.05, 0.1) is 19.1 Å². The number of fused-ring (bicyclic) bond motifs is 1. The van der Waals surface area contributed by atoms with E-state index in [0.29, 0.717) is 24.4 Å². The molecule has 1 amide bonds. The molecule has 0 aliphatic carbocycles. The van der Waals surface area contributed by atoms with E-state index >= 15 is 0 Å². The fraction of sp³-hybridized carbons (Fsp3) is 0.381. The van der Waals surface area contributed by atoms with Gasteiger partial charge in [0.15, 0.2) is 0 Å². The molecular weight excluding hydrogens is 376 g/mol. The van der Waals surface area contributed by atoms with Crippen LogP contribution in [0.2, 0.25) is 0 Å². The molecule has 2 aromatic rings. The van der Waals surface area contributed by atoms with Crippen LogP contribution < -0.4 is 13.9 Å². The lowest BCUT2D eigenvalue weighted by molar-refractivity contribution is -0.119. The first-order chi connectivity index (χ1) is 13.4. The van der Waals surface area contributed by atoms with Crippen LogP contribution in [0.25, 0.3) is 0 Å². The van der Waals surface area contributed by atoms with Gasteiger partial charge >= 0.3 is 0 Å². The maximum Gasteiger partial charge on any atom is 0.250 e. The molecule has 1 heterocycles. The summed E-state index contributed by atoms with van der Waals surface area (Å²) < 4.78 is 31.7. The normalized spacial score (nSPS) is 14.9. The second-order valence-corrected chi connectivity index (χ2v) is 8.76. The highest BCUT2D eigenvalue weighted by molar-refractivity contribution is 7.92. The Bertz CT molecular complexity index is 941. The van der Waals surface area contributed by atoms with Crippen LogP contribution in [0.1, 0.15) is 25.3 Å². The van der Waals surface area contributed by atoms with Crippen molar-refractivity contribution in [3.05, 3.63) is 54.1 Å². The van der Waals surface area contributed by atoms with Crippen molar-refractivity contribution >= 4 is 27.3 Å². The molecule has 0 spiro atoms. The summed E-state index contributed by atoms with van der Waals surface area (Å²) in [4.78, 5) is 15.2. The summed E-state index contributed by atoms with van der Waals surface area (Å²) in [5.41, 5.74) is 2.45. The molecule has 1 aliphatic rings. The third-order valence-electron chi connectivity index (χ3n) is 5.02. The number of ether oxygens (including phenoxy) is 1. The van der Waals surface area contributed by atoms with Gasteiger partial charge < -0.3 is 9.64 Å². The second kappa shape index (κ2) is 8.22. The van der Waals surface area contributed by atoms with Gasteiger partial charge in [-0.15, -0.1) is 0 Å². The van der Waals surface area contributed by atoms with Gasteiger partial charge in [-0.25, -0.2) is 8.42 Å². The molecule has 0 N–H and O–H groups in total. The van der Waals surface area contributed by atoms with Crippen LogP contribution in [0.15, 0.2) is 48.5 Å². The molecule has 1 unspecified atom stereocenters. The molecule has 1 aliphatic heterocycles. The highest BCUT2D eigenvalue weighted by atomic mass is 32.2. The Balaban J connectivity index is 2.00. The molecule has 0 fully saturated rings. The molecule has 0 saturated carbocycles. The first-order valence-corrected chi connectivity index (χ1v) is 11.2. The van der Waals surface area contributed by atoms with Crippen LogP contribution in [0.3, 0.4) is 0 Å². The number of carbonyl (C=O) groups is 1. The lowest BCUT2D eigenvalue weighted by Crippen LogP contribution is -2.52. The maximum absolute atomic E-state index is 13.5. The summed E-state index contributed by atoms with van der Waals surface area (Å²) in [5.74, 6) is 0.428. The van der Waals surface area contributed by atoms with Crippen LogP contribution in [0.5, 0.6) is 5.75 Å². The van der Waals surface area contributed by atoms with Crippen molar-refractivity contribution in [3.63, 3.8) is 0 Å². The predicted molar refractivity (Wildman–Crippen MR) is 112 cm³/mol. The standard InChI is InChI=1S/C21H26N2O4S/c1-4-19(21(24)22-15-7-9-16-8-5-6-10-20(16)22)23(28(3,25)26)17-11-13-18(27-2)14-12-17/h5-6,8,10-14,19H,4,7,9,15H2,1-3H3. The van der Waals surface area contributed by atoms with Crippen molar-refractivity contribution in [2.75, 3.05) is 29.1 Å². The van der Waals surface area contributed by atoms with Crippen molar-refractivity contribution in [2.45, 2.75) is 32.2 Å². The summed E-state index contributed by atoms with van der Waals surface area (Å²) in [6, 6.07) is 13.7. The van der Waals surface area contributed by atoms with Gasteiger partial charge in [0.2, 0.25) is 10.0 Å². The van der Waals surface area contributed by atoms with Gasteiger partial charge in [0.1, 0.15) is 11.8 Å². The quantitative estimate of drug-likeness (QED) is 0.744. The number of methoxy groups -OCH3 is 1. The largest absolute Gasteiger partial charge is 0.497 e. The van der Waals surface area contributed by atoms with Gasteiger partial charge in [-0.1, -0.05) is 25.1 Å². The Kier molecular flexibility index (Phi) is 5.93. The molecule has 28 heavy (non-hydrogen) atoms. The van der Waals surface area contributed by atoms with E-state index in [1.807, 2.05) is 31.2 Å². The van der Waals surface area contributed by atoms with Crippen molar-refractivity contribution < 1.29 is 17.9 Å². The third kappa shape index (κ3) is 3.99. The highest BCUT2D eigenvalue weighted by Gasteiger charge is 2.36. The van der Waals surface area contributed by atoms with Crippen LogP contribution >= 0.6 is 0 Å². The first-order valence-electron chi connectivity index (χ1n) is 9.39. The highest BCUT2D eigenvalue weighted by Crippen LogP contribution is 2.31. The van der Waals surface area contributed by atoms with E-state index in [2.05, 4.69) is 0 Å². The molecule has 0 bridgehead atoms. The second-order valence-electron chi connectivity index (χ2n) is 6.90. The van der Waals surface area contributed by atoms with Gasteiger partial charge in [-0.2, -0.15) is 0 Å². The van der Waals surface area contributed by atoms with Crippen molar-refractivity contribution in [3.8, 4) is 5.75 Å². The van der Waals surface area contributed by atoms with E-state index < -0.39 is 16.1 Å². The van der Waals surface area contributed by atoms with E-state index in [4.69, 9.17) is 4.74 Å². The minimum Gasteiger partial charge on any atom is -0.497 e. The van der Waals surface area contributed by atoms with E-state index in [9.17, 15) is 13.2 Å². The molecule has 2 aromatic carbocycles. The van der Waals surface area contributed by atoms with Crippen molar-refractivity contribution in [2.24, 2.45) is 0 Å². The number of sulfonamides is 1. The van der Waals surface area contributed by atoms with Crippen LogP contribution in [0, 0.1) is 0 Å². The topological polar surface area (TPSA) is 66.9 Å². The number of carbonyl (C=O) groups excluding carboxylic acids is 1. The lowest BCUT2D eigenvalue weighted by atomic mass is 10.0. The summed E-state index contributed by atoms with van der Waals surface area (Å²) >= 11 is 0. The van der Waals surface area contributed by atoms with E-state index in [0.717, 1.165) is 30.3 Å². The Morgan fingerprint density at radius 2 is 1.86 bits per heavy atom. The lowest BCUT2D eigenvalue weighted by Gasteiger charge is -2.36. The summed E-state index contributed by atoms with van der Waals surface area (Å²) in [6.07, 6.45) is 3.29. The zero-order chi connectivity index (χ0) is 20.3. The monoisotopic (exact) mass is 402 g/mol. The Morgan fingerprint density at radius 1 is 1.18 bits per heavy atom. The fourth-order valence-electron chi connectivity index (χ4n) is 3.71.